The highest BCUT2D eigenvalue weighted by molar-refractivity contribution is 5.82. The molecule has 0 aliphatic heterocycles. The molecule has 0 saturated carbocycles. The Labute approximate surface area is 108 Å². The molecule has 0 spiro atoms. The van der Waals surface area contributed by atoms with Crippen molar-refractivity contribution in [3.05, 3.63) is 0 Å². The highest BCUT2D eigenvalue weighted by Gasteiger charge is 2.29. The number of carbonyl (C=O) groups excluding carboxylic acids is 2. The summed E-state index contributed by atoms with van der Waals surface area (Å²) in [7, 11) is 0. The first kappa shape index (κ1) is 16.7. The van der Waals surface area contributed by atoms with Crippen LogP contribution in [0, 0.1) is 0 Å². The number of hydrogen-bond donors (Lipinski definition) is 2. The van der Waals surface area contributed by atoms with E-state index in [1.807, 2.05) is 0 Å². The second-order valence-corrected chi connectivity index (χ2v) is 5.35. The van der Waals surface area contributed by atoms with Gasteiger partial charge >= 0.3 is 12.1 Å². The van der Waals surface area contributed by atoms with Gasteiger partial charge in [0.05, 0.1) is 12.2 Å². The summed E-state index contributed by atoms with van der Waals surface area (Å²) in [5.74, 6) is -0.689. The molecule has 6 heteroatoms. The SMILES string of the molecule is CC(C)OC(=O)[C@@H](NC(=O)OC(C)(C)C)[C@@H](C)O. The van der Waals surface area contributed by atoms with Crippen molar-refractivity contribution in [3.8, 4) is 0 Å². The average molecular weight is 261 g/mol. The first-order valence-corrected chi connectivity index (χ1v) is 5.91. The smallest absolute Gasteiger partial charge is 0.408 e. The zero-order valence-corrected chi connectivity index (χ0v) is 11.8. The maximum absolute atomic E-state index is 11.6. The van der Waals surface area contributed by atoms with E-state index in [0.717, 1.165) is 0 Å². The van der Waals surface area contributed by atoms with Crippen LogP contribution in [0.25, 0.3) is 0 Å². The molecular formula is C12H23NO5. The Bertz CT molecular complexity index is 293. The van der Waals surface area contributed by atoms with Crippen LogP contribution in [0.4, 0.5) is 4.79 Å². The van der Waals surface area contributed by atoms with Gasteiger partial charge in [-0.1, -0.05) is 0 Å². The molecule has 18 heavy (non-hydrogen) atoms. The van der Waals surface area contributed by atoms with Crippen LogP contribution in [0.5, 0.6) is 0 Å². The van der Waals surface area contributed by atoms with E-state index in [-0.39, 0.29) is 6.10 Å². The zero-order chi connectivity index (χ0) is 14.5. The molecule has 0 saturated heterocycles. The van der Waals surface area contributed by atoms with E-state index in [4.69, 9.17) is 9.47 Å². The molecule has 0 fully saturated rings. The highest BCUT2D eigenvalue weighted by Crippen LogP contribution is 2.08. The number of nitrogens with one attached hydrogen (secondary N) is 1. The molecule has 0 radical (unpaired) electrons. The van der Waals surface area contributed by atoms with Gasteiger partial charge in [0.1, 0.15) is 5.60 Å². The summed E-state index contributed by atoms with van der Waals surface area (Å²) < 4.78 is 9.94. The van der Waals surface area contributed by atoms with E-state index < -0.39 is 29.8 Å². The molecule has 2 atom stereocenters. The second kappa shape index (κ2) is 6.58. The average Bonchev–Trinajstić information content (AvgIpc) is 2.09. The molecule has 0 heterocycles. The number of aliphatic hydroxyl groups is 1. The third kappa shape index (κ3) is 7.11. The predicted molar refractivity (Wildman–Crippen MR) is 66.1 cm³/mol. The summed E-state index contributed by atoms with van der Waals surface area (Å²) in [6, 6.07) is -1.14. The molecule has 0 unspecified atom stereocenters. The topological polar surface area (TPSA) is 84.9 Å². The standard InChI is InChI=1S/C12H23NO5/c1-7(2)17-10(15)9(8(3)14)13-11(16)18-12(4,5)6/h7-9,14H,1-6H3,(H,13,16)/t8-,9+/m1/s1. The minimum atomic E-state index is -1.14. The molecule has 106 valence electrons. The van der Waals surface area contributed by atoms with Gasteiger partial charge in [-0.15, -0.1) is 0 Å². The third-order valence-electron chi connectivity index (χ3n) is 1.76. The Morgan fingerprint density at radius 3 is 2.00 bits per heavy atom. The van der Waals surface area contributed by atoms with Gasteiger partial charge in [0, 0.05) is 0 Å². The minimum Gasteiger partial charge on any atom is -0.461 e. The van der Waals surface area contributed by atoms with Crippen LogP contribution in [-0.2, 0) is 14.3 Å². The third-order valence-corrected chi connectivity index (χ3v) is 1.76. The van der Waals surface area contributed by atoms with Crippen molar-refractivity contribution in [3.63, 3.8) is 0 Å². The van der Waals surface area contributed by atoms with Gasteiger partial charge < -0.3 is 19.9 Å². The number of rotatable bonds is 4. The summed E-state index contributed by atoms with van der Waals surface area (Å²) in [5.41, 5.74) is -0.671. The van der Waals surface area contributed by atoms with Crippen LogP contribution < -0.4 is 5.32 Å². The molecule has 0 aromatic rings. The predicted octanol–water partition coefficient (Wildman–Crippen LogP) is 1.21. The van der Waals surface area contributed by atoms with Crippen LogP contribution in [0.1, 0.15) is 41.5 Å². The number of esters is 1. The van der Waals surface area contributed by atoms with E-state index in [9.17, 15) is 14.7 Å². The Kier molecular flexibility index (Phi) is 6.11. The zero-order valence-electron chi connectivity index (χ0n) is 11.8. The van der Waals surface area contributed by atoms with Crippen molar-refractivity contribution in [2.24, 2.45) is 0 Å². The lowest BCUT2D eigenvalue weighted by Gasteiger charge is -2.24. The van der Waals surface area contributed by atoms with E-state index >= 15 is 0 Å². The monoisotopic (exact) mass is 261 g/mol. The Hall–Kier alpha value is -1.30. The number of ether oxygens (including phenoxy) is 2. The normalized spacial score (nSPS) is 14.9. The number of alkyl carbamates (subject to hydrolysis) is 1. The Balaban J connectivity index is 4.54. The van der Waals surface area contributed by atoms with Gasteiger partial charge in [-0.05, 0) is 41.5 Å². The van der Waals surface area contributed by atoms with Crippen molar-refractivity contribution in [1.29, 1.82) is 0 Å². The van der Waals surface area contributed by atoms with Crippen molar-refractivity contribution >= 4 is 12.1 Å². The van der Waals surface area contributed by atoms with E-state index in [2.05, 4.69) is 5.32 Å². The Morgan fingerprint density at radius 1 is 1.17 bits per heavy atom. The largest absolute Gasteiger partial charge is 0.461 e. The number of carbonyl (C=O) groups is 2. The maximum Gasteiger partial charge on any atom is 0.408 e. The first-order valence-electron chi connectivity index (χ1n) is 5.91. The second-order valence-electron chi connectivity index (χ2n) is 5.35. The fourth-order valence-corrected chi connectivity index (χ4v) is 1.12. The minimum absolute atomic E-state index is 0.320. The van der Waals surface area contributed by atoms with Crippen molar-refractivity contribution in [1.82, 2.24) is 5.32 Å². The van der Waals surface area contributed by atoms with Crippen molar-refractivity contribution in [2.45, 2.75) is 65.4 Å². The van der Waals surface area contributed by atoms with Gasteiger partial charge in [-0.2, -0.15) is 0 Å². The number of hydrogen-bond acceptors (Lipinski definition) is 5. The molecule has 0 bridgehead atoms. The van der Waals surface area contributed by atoms with Crippen LogP contribution in [0.2, 0.25) is 0 Å². The lowest BCUT2D eigenvalue weighted by Crippen LogP contribution is -2.50. The molecular weight excluding hydrogens is 238 g/mol. The lowest BCUT2D eigenvalue weighted by atomic mass is 10.2. The van der Waals surface area contributed by atoms with Crippen LogP contribution >= 0.6 is 0 Å². The van der Waals surface area contributed by atoms with Gasteiger partial charge in [0.25, 0.3) is 0 Å². The number of amides is 1. The summed E-state index contributed by atoms with van der Waals surface area (Å²) in [6.07, 6.45) is -2.16. The highest BCUT2D eigenvalue weighted by atomic mass is 16.6. The van der Waals surface area contributed by atoms with E-state index in [1.165, 1.54) is 6.92 Å². The fraction of sp³-hybridized carbons (Fsp3) is 0.833. The van der Waals surface area contributed by atoms with Gasteiger partial charge in [0.2, 0.25) is 0 Å². The summed E-state index contributed by atoms with van der Waals surface area (Å²) in [5, 5.41) is 11.8. The van der Waals surface area contributed by atoms with E-state index in [0.29, 0.717) is 0 Å². The summed E-state index contributed by atoms with van der Waals surface area (Å²) >= 11 is 0. The molecule has 0 aliphatic rings. The van der Waals surface area contributed by atoms with Crippen LogP contribution in [0.3, 0.4) is 0 Å². The fourth-order valence-electron chi connectivity index (χ4n) is 1.12. The van der Waals surface area contributed by atoms with E-state index in [1.54, 1.807) is 34.6 Å². The lowest BCUT2D eigenvalue weighted by molar-refractivity contribution is -0.152. The van der Waals surface area contributed by atoms with Gasteiger partial charge in [-0.25, -0.2) is 9.59 Å². The molecule has 0 rings (SSSR count). The molecule has 0 aliphatic carbocycles. The molecule has 0 aromatic heterocycles. The quantitative estimate of drug-likeness (QED) is 0.743. The first-order chi connectivity index (χ1) is 8.03. The van der Waals surface area contributed by atoms with Gasteiger partial charge in [-0.3, -0.25) is 0 Å². The molecule has 0 aromatic carbocycles. The molecule has 1 amide bonds. The van der Waals surface area contributed by atoms with Crippen LogP contribution in [-0.4, -0.2) is 41.0 Å². The van der Waals surface area contributed by atoms with Crippen LogP contribution in [0.15, 0.2) is 0 Å². The number of aliphatic hydroxyl groups excluding tert-OH is 1. The molecule has 2 N–H and O–H groups in total. The Morgan fingerprint density at radius 2 is 1.67 bits per heavy atom. The molecule has 6 nitrogen and oxygen atoms in total. The summed E-state index contributed by atoms with van der Waals surface area (Å²) in [4.78, 5) is 23.2. The summed E-state index contributed by atoms with van der Waals surface area (Å²) in [6.45, 7) is 9.88. The van der Waals surface area contributed by atoms with Crippen molar-refractivity contribution < 1.29 is 24.2 Å². The van der Waals surface area contributed by atoms with Gasteiger partial charge in [0.15, 0.2) is 6.04 Å². The maximum atomic E-state index is 11.6. The van der Waals surface area contributed by atoms with Crippen molar-refractivity contribution in [2.75, 3.05) is 0 Å².